The molecule has 7 nitrogen and oxygen atoms in total. The lowest BCUT2D eigenvalue weighted by molar-refractivity contribution is -0.120. The number of nitrogens with zero attached hydrogens (tertiary/aromatic N) is 1. The molecule has 0 unspecified atom stereocenters. The van der Waals surface area contributed by atoms with E-state index in [0.717, 1.165) is 0 Å². The van der Waals surface area contributed by atoms with E-state index in [1.165, 1.54) is 33.0 Å². The first-order valence-electron chi connectivity index (χ1n) is 8.26. The third-order valence-corrected chi connectivity index (χ3v) is 3.94. The van der Waals surface area contributed by atoms with Crippen LogP contribution in [0.4, 0.5) is 11.4 Å². The molecule has 0 aliphatic heterocycles. The van der Waals surface area contributed by atoms with E-state index in [4.69, 9.17) is 9.47 Å². The van der Waals surface area contributed by atoms with Gasteiger partial charge in [-0.15, -0.1) is 0 Å². The van der Waals surface area contributed by atoms with E-state index in [2.05, 4.69) is 5.32 Å². The van der Waals surface area contributed by atoms with Gasteiger partial charge in [0.1, 0.15) is 6.54 Å². The Morgan fingerprint density at radius 2 is 1.56 bits per heavy atom. The van der Waals surface area contributed by atoms with Crippen molar-refractivity contribution in [2.75, 3.05) is 31.0 Å². The van der Waals surface area contributed by atoms with Crippen molar-refractivity contribution in [2.24, 2.45) is 0 Å². The van der Waals surface area contributed by atoms with Crippen LogP contribution in [0, 0.1) is 0 Å². The lowest BCUT2D eigenvalue weighted by Crippen LogP contribution is -2.36. The minimum Gasteiger partial charge on any atom is -0.493 e. The summed E-state index contributed by atoms with van der Waals surface area (Å²) in [6.45, 7) is 2.69. The third kappa shape index (κ3) is 5.07. The van der Waals surface area contributed by atoms with E-state index in [-0.39, 0.29) is 24.1 Å². The predicted molar refractivity (Wildman–Crippen MR) is 103 cm³/mol. The number of carbonyl (C=O) groups excluding carboxylic acids is 3. The Morgan fingerprint density at radius 3 is 2.07 bits per heavy atom. The molecule has 2 aromatic rings. The first kappa shape index (κ1) is 20.0. The molecular formula is C20H22N2O5. The Morgan fingerprint density at radius 1 is 0.926 bits per heavy atom. The van der Waals surface area contributed by atoms with E-state index in [0.29, 0.717) is 28.4 Å². The number of methoxy groups -OCH3 is 2. The van der Waals surface area contributed by atoms with Crippen molar-refractivity contribution in [3.63, 3.8) is 0 Å². The molecule has 0 spiro atoms. The topological polar surface area (TPSA) is 84.9 Å². The summed E-state index contributed by atoms with van der Waals surface area (Å²) < 4.78 is 10.4. The van der Waals surface area contributed by atoms with Gasteiger partial charge in [0.15, 0.2) is 17.3 Å². The Labute approximate surface area is 157 Å². The normalized spacial score (nSPS) is 10.1. The number of benzene rings is 2. The van der Waals surface area contributed by atoms with Crippen LogP contribution in [-0.4, -0.2) is 38.4 Å². The molecule has 0 fully saturated rings. The lowest BCUT2D eigenvalue weighted by atomic mass is 10.1. The Hall–Kier alpha value is -3.35. The van der Waals surface area contributed by atoms with Gasteiger partial charge in [-0.25, -0.2) is 0 Å². The van der Waals surface area contributed by atoms with Gasteiger partial charge in [-0.1, -0.05) is 0 Å². The van der Waals surface area contributed by atoms with Gasteiger partial charge in [0, 0.05) is 29.9 Å². The Balaban J connectivity index is 2.14. The van der Waals surface area contributed by atoms with E-state index < -0.39 is 0 Å². The summed E-state index contributed by atoms with van der Waals surface area (Å²) in [5.41, 5.74) is 1.62. The van der Waals surface area contributed by atoms with E-state index in [1.807, 2.05) is 0 Å². The maximum absolute atomic E-state index is 12.4. The van der Waals surface area contributed by atoms with Crippen LogP contribution in [0.25, 0.3) is 0 Å². The monoisotopic (exact) mass is 370 g/mol. The number of carbonyl (C=O) groups is 3. The molecule has 0 heterocycles. The van der Waals surface area contributed by atoms with Gasteiger partial charge in [0.2, 0.25) is 11.8 Å². The largest absolute Gasteiger partial charge is 0.493 e. The van der Waals surface area contributed by atoms with Gasteiger partial charge < -0.3 is 19.7 Å². The standard InChI is InChI=1S/C20H22N2O5/c1-13(23)15-5-7-16(8-6-15)21-20(25)12-22(14(2)24)17-9-10-18(26-3)19(11-17)27-4/h5-11H,12H2,1-4H3,(H,21,25). The summed E-state index contributed by atoms with van der Waals surface area (Å²) in [4.78, 5) is 37.0. The zero-order valence-electron chi connectivity index (χ0n) is 15.7. The molecular weight excluding hydrogens is 348 g/mol. The first-order valence-corrected chi connectivity index (χ1v) is 8.26. The van der Waals surface area contributed by atoms with Crippen molar-refractivity contribution >= 4 is 29.0 Å². The fourth-order valence-corrected chi connectivity index (χ4v) is 2.51. The van der Waals surface area contributed by atoms with Crippen LogP contribution in [0.15, 0.2) is 42.5 Å². The van der Waals surface area contributed by atoms with Gasteiger partial charge in [0.25, 0.3) is 0 Å². The summed E-state index contributed by atoms with van der Waals surface area (Å²) in [6.07, 6.45) is 0. The zero-order chi connectivity index (χ0) is 20.0. The molecule has 7 heteroatoms. The molecule has 0 atom stereocenters. The number of hydrogen-bond donors (Lipinski definition) is 1. The van der Waals surface area contributed by atoms with Crippen LogP contribution < -0.4 is 19.7 Å². The van der Waals surface area contributed by atoms with Crippen LogP contribution in [0.5, 0.6) is 11.5 Å². The number of ketones is 1. The number of amides is 2. The lowest BCUT2D eigenvalue weighted by Gasteiger charge is -2.22. The summed E-state index contributed by atoms with van der Waals surface area (Å²) in [7, 11) is 3.02. The predicted octanol–water partition coefficient (Wildman–Crippen LogP) is 2.90. The highest BCUT2D eigenvalue weighted by molar-refractivity contribution is 6.02. The number of Topliss-reactive ketones (excluding diaryl/α,β-unsaturated/α-hetero) is 1. The Kier molecular flexibility index (Phi) is 6.54. The third-order valence-electron chi connectivity index (χ3n) is 3.94. The van der Waals surface area contributed by atoms with Gasteiger partial charge in [0.05, 0.1) is 14.2 Å². The second-order valence-electron chi connectivity index (χ2n) is 5.83. The number of hydrogen-bond acceptors (Lipinski definition) is 5. The van der Waals surface area contributed by atoms with Crippen LogP contribution >= 0.6 is 0 Å². The van der Waals surface area contributed by atoms with Gasteiger partial charge in [-0.2, -0.15) is 0 Å². The van der Waals surface area contributed by atoms with Crippen LogP contribution in [0.1, 0.15) is 24.2 Å². The molecule has 0 aliphatic rings. The highest BCUT2D eigenvalue weighted by Crippen LogP contribution is 2.31. The maximum Gasteiger partial charge on any atom is 0.244 e. The number of ether oxygens (including phenoxy) is 2. The average Bonchev–Trinajstić information content (AvgIpc) is 2.65. The van der Waals surface area contributed by atoms with Gasteiger partial charge in [-0.05, 0) is 43.3 Å². The van der Waals surface area contributed by atoms with Crippen molar-refractivity contribution in [1.82, 2.24) is 0 Å². The number of rotatable bonds is 7. The van der Waals surface area contributed by atoms with Crippen molar-refractivity contribution < 1.29 is 23.9 Å². The summed E-state index contributed by atoms with van der Waals surface area (Å²) in [5.74, 6) is 0.283. The first-order chi connectivity index (χ1) is 12.8. The van der Waals surface area contributed by atoms with Crippen molar-refractivity contribution in [3.05, 3.63) is 48.0 Å². The van der Waals surface area contributed by atoms with E-state index >= 15 is 0 Å². The smallest absolute Gasteiger partial charge is 0.244 e. The average molecular weight is 370 g/mol. The molecule has 2 rings (SSSR count). The number of nitrogens with one attached hydrogen (secondary N) is 1. The fraction of sp³-hybridized carbons (Fsp3) is 0.250. The Bertz CT molecular complexity index is 846. The molecule has 2 amide bonds. The van der Waals surface area contributed by atoms with Gasteiger partial charge >= 0.3 is 0 Å². The molecule has 0 bridgehead atoms. The molecule has 0 aliphatic carbocycles. The molecule has 0 saturated heterocycles. The molecule has 0 saturated carbocycles. The number of anilines is 2. The maximum atomic E-state index is 12.4. The highest BCUT2D eigenvalue weighted by atomic mass is 16.5. The molecule has 0 radical (unpaired) electrons. The molecule has 2 aromatic carbocycles. The van der Waals surface area contributed by atoms with Crippen molar-refractivity contribution in [3.8, 4) is 11.5 Å². The van der Waals surface area contributed by atoms with Crippen molar-refractivity contribution in [1.29, 1.82) is 0 Å². The summed E-state index contributed by atoms with van der Waals surface area (Å²) >= 11 is 0. The SMILES string of the molecule is COc1ccc(N(CC(=O)Nc2ccc(C(C)=O)cc2)C(C)=O)cc1OC. The fourth-order valence-electron chi connectivity index (χ4n) is 2.51. The van der Waals surface area contributed by atoms with Crippen LogP contribution in [-0.2, 0) is 9.59 Å². The highest BCUT2D eigenvalue weighted by Gasteiger charge is 2.18. The quantitative estimate of drug-likeness (QED) is 0.758. The second kappa shape index (κ2) is 8.84. The van der Waals surface area contributed by atoms with E-state index in [1.54, 1.807) is 42.5 Å². The second-order valence-corrected chi connectivity index (χ2v) is 5.83. The molecule has 1 N–H and O–H groups in total. The summed E-state index contributed by atoms with van der Waals surface area (Å²) in [6, 6.07) is 11.5. The van der Waals surface area contributed by atoms with Crippen molar-refractivity contribution in [2.45, 2.75) is 13.8 Å². The van der Waals surface area contributed by atoms with E-state index in [9.17, 15) is 14.4 Å². The minimum absolute atomic E-state index is 0.0518. The van der Waals surface area contributed by atoms with Crippen LogP contribution in [0.3, 0.4) is 0 Å². The molecule has 27 heavy (non-hydrogen) atoms. The van der Waals surface area contributed by atoms with Crippen LogP contribution in [0.2, 0.25) is 0 Å². The summed E-state index contributed by atoms with van der Waals surface area (Å²) in [5, 5.41) is 2.71. The minimum atomic E-state index is -0.365. The van der Waals surface area contributed by atoms with Gasteiger partial charge in [-0.3, -0.25) is 14.4 Å². The molecule has 142 valence electrons. The molecule has 0 aromatic heterocycles. The zero-order valence-corrected chi connectivity index (χ0v) is 15.7.